The van der Waals surface area contributed by atoms with Gasteiger partial charge in [-0.15, -0.1) is 0 Å². The zero-order valence-electron chi connectivity index (χ0n) is 7.28. The molecule has 14 heavy (non-hydrogen) atoms. The molecule has 0 saturated heterocycles. The summed E-state index contributed by atoms with van der Waals surface area (Å²) in [4.78, 5) is 22.3. The number of hydrogen-bond acceptors (Lipinski definition) is 3. The lowest BCUT2D eigenvalue weighted by Gasteiger charge is -2.02. The van der Waals surface area contributed by atoms with Gasteiger partial charge in [-0.25, -0.2) is 9.59 Å². The summed E-state index contributed by atoms with van der Waals surface area (Å²) in [6, 6.07) is 5.03. The molecular weight excluding hydrogens is 206 g/mol. The van der Waals surface area contributed by atoms with Gasteiger partial charge >= 0.3 is 11.4 Å². The van der Waals surface area contributed by atoms with Gasteiger partial charge in [0.2, 0.25) is 0 Å². The molecular formula is C9H6ClNO3. The molecule has 72 valence electrons. The van der Waals surface area contributed by atoms with Gasteiger partial charge in [-0.2, -0.15) is 4.09 Å². The maximum atomic E-state index is 11.3. The van der Waals surface area contributed by atoms with Crippen molar-refractivity contribution in [1.29, 1.82) is 0 Å². The fraction of sp³-hybridized carbons (Fsp3) is 0.111. The summed E-state index contributed by atoms with van der Waals surface area (Å²) in [5.41, 5.74) is 0.489. The molecule has 0 fully saturated rings. The molecule has 0 spiro atoms. The minimum atomic E-state index is -0.863. The van der Waals surface area contributed by atoms with E-state index in [2.05, 4.69) is 4.42 Å². The number of benzene rings is 1. The number of fused-ring (bicyclic) bond motifs is 1. The van der Waals surface area contributed by atoms with Gasteiger partial charge < -0.3 is 4.42 Å². The molecule has 2 rings (SSSR count). The summed E-state index contributed by atoms with van der Waals surface area (Å²) < 4.78 is 5.21. The molecule has 1 aromatic heterocycles. The highest BCUT2D eigenvalue weighted by Crippen LogP contribution is 2.13. The highest BCUT2D eigenvalue weighted by Gasteiger charge is 2.08. The first-order valence-corrected chi connectivity index (χ1v) is 4.26. The Hall–Kier alpha value is -1.55. The van der Waals surface area contributed by atoms with Crippen molar-refractivity contribution in [3.05, 3.63) is 44.7 Å². The number of halogens is 1. The summed E-state index contributed by atoms with van der Waals surface area (Å²) in [5.74, 6) is -0.863. The van der Waals surface area contributed by atoms with Crippen molar-refractivity contribution in [2.45, 2.75) is 6.92 Å². The minimum absolute atomic E-state index is 0.305. The summed E-state index contributed by atoms with van der Waals surface area (Å²) >= 11 is 5.67. The smallest absolute Gasteiger partial charge is 0.371 e. The predicted molar refractivity (Wildman–Crippen MR) is 52.7 cm³/mol. The lowest BCUT2D eigenvalue weighted by molar-refractivity contribution is 0.452. The van der Waals surface area contributed by atoms with Crippen molar-refractivity contribution in [1.82, 2.24) is 4.09 Å². The fourth-order valence-electron chi connectivity index (χ4n) is 1.35. The van der Waals surface area contributed by atoms with Crippen molar-refractivity contribution in [3.8, 4) is 0 Å². The number of aromatic nitrogens is 1. The Balaban J connectivity index is 3.19. The molecule has 0 N–H and O–H groups in total. The summed E-state index contributed by atoms with van der Waals surface area (Å²) in [6.45, 7) is 1.76. The second-order valence-corrected chi connectivity index (χ2v) is 3.25. The van der Waals surface area contributed by atoms with Crippen molar-refractivity contribution in [2.75, 3.05) is 0 Å². The number of nitrogens with zero attached hydrogens (tertiary/aromatic N) is 1. The molecule has 0 aliphatic heterocycles. The molecule has 2 aromatic rings. The van der Waals surface area contributed by atoms with Crippen LogP contribution in [0.1, 0.15) is 5.56 Å². The Labute approximate surface area is 83.5 Å². The van der Waals surface area contributed by atoms with Gasteiger partial charge in [-0.1, -0.05) is 12.1 Å². The highest BCUT2D eigenvalue weighted by atomic mass is 35.5. The molecule has 4 nitrogen and oxygen atoms in total. The van der Waals surface area contributed by atoms with Crippen LogP contribution in [0.3, 0.4) is 0 Å². The molecule has 1 aromatic carbocycles. The van der Waals surface area contributed by atoms with Crippen molar-refractivity contribution in [3.63, 3.8) is 0 Å². The number of aryl methyl sites for hydroxylation is 1. The van der Waals surface area contributed by atoms with E-state index in [0.29, 0.717) is 10.9 Å². The van der Waals surface area contributed by atoms with Gasteiger partial charge in [0.25, 0.3) is 0 Å². The molecule has 5 heteroatoms. The SMILES string of the molecule is Cc1cccc2c(=O)oc(=O)n(Cl)c12. The van der Waals surface area contributed by atoms with Crippen LogP contribution < -0.4 is 11.4 Å². The van der Waals surface area contributed by atoms with Crippen molar-refractivity contribution < 1.29 is 4.42 Å². The van der Waals surface area contributed by atoms with Crippen molar-refractivity contribution >= 4 is 22.7 Å². The first kappa shape index (κ1) is 9.02. The topological polar surface area (TPSA) is 52.2 Å². The molecule has 0 saturated carbocycles. The second kappa shape index (κ2) is 2.99. The maximum absolute atomic E-state index is 11.3. The van der Waals surface area contributed by atoms with Crippen LogP contribution in [0.25, 0.3) is 10.9 Å². The molecule has 0 bridgehead atoms. The molecule has 1 heterocycles. The third-order valence-electron chi connectivity index (χ3n) is 1.99. The number of rotatable bonds is 0. The molecule has 0 aliphatic carbocycles. The van der Waals surface area contributed by atoms with E-state index in [9.17, 15) is 9.59 Å². The van der Waals surface area contributed by atoms with Gasteiger partial charge in [-0.05, 0) is 18.6 Å². The summed E-state index contributed by atoms with van der Waals surface area (Å²) in [6.07, 6.45) is 0. The zero-order chi connectivity index (χ0) is 10.3. The Morgan fingerprint density at radius 2 is 2.07 bits per heavy atom. The Bertz CT molecular complexity index is 611. The van der Waals surface area contributed by atoms with Crippen LogP contribution in [0.15, 0.2) is 32.2 Å². The van der Waals surface area contributed by atoms with E-state index in [4.69, 9.17) is 11.8 Å². The van der Waals surface area contributed by atoms with Gasteiger partial charge in [0.1, 0.15) is 0 Å². The molecule has 0 unspecified atom stereocenters. The average molecular weight is 212 g/mol. The number of hydrogen-bond donors (Lipinski definition) is 0. The normalized spacial score (nSPS) is 10.7. The standard InChI is InChI=1S/C9H6ClNO3/c1-5-3-2-4-6-7(5)11(10)9(13)14-8(6)12/h2-4H,1H3. The van der Waals surface area contributed by atoms with E-state index in [0.717, 1.165) is 9.65 Å². The van der Waals surface area contributed by atoms with Crippen LogP contribution in [-0.4, -0.2) is 4.09 Å². The highest BCUT2D eigenvalue weighted by molar-refractivity contribution is 6.18. The average Bonchev–Trinajstić information content (AvgIpc) is 2.14. The Morgan fingerprint density at radius 1 is 1.36 bits per heavy atom. The van der Waals surface area contributed by atoms with E-state index < -0.39 is 11.4 Å². The summed E-state index contributed by atoms with van der Waals surface area (Å²) in [5, 5.41) is 0.305. The monoisotopic (exact) mass is 211 g/mol. The van der Waals surface area contributed by atoms with E-state index in [1.807, 2.05) is 0 Å². The minimum Gasteiger partial charge on any atom is -0.371 e. The molecule has 0 aliphatic rings. The van der Waals surface area contributed by atoms with Crippen LogP contribution >= 0.6 is 11.8 Å². The molecule has 0 amide bonds. The van der Waals surface area contributed by atoms with Gasteiger partial charge in [-0.3, -0.25) is 0 Å². The predicted octanol–water partition coefficient (Wildman–Crippen LogP) is 1.27. The summed E-state index contributed by atoms with van der Waals surface area (Å²) in [7, 11) is 0. The van der Waals surface area contributed by atoms with Gasteiger partial charge in [0.15, 0.2) is 0 Å². The lowest BCUT2D eigenvalue weighted by Crippen LogP contribution is -2.20. The van der Waals surface area contributed by atoms with Crippen molar-refractivity contribution in [2.24, 2.45) is 0 Å². The maximum Gasteiger partial charge on any atom is 0.437 e. The van der Waals surface area contributed by atoms with E-state index in [1.165, 1.54) is 0 Å². The molecule has 0 radical (unpaired) electrons. The molecule has 0 atom stereocenters. The number of para-hydroxylation sites is 1. The van der Waals surface area contributed by atoms with Crippen LogP contribution in [0.5, 0.6) is 0 Å². The quantitative estimate of drug-likeness (QED) is 0.659. The van der Waals surface area contributed by atoms with Crippen LogP contribution in [0.4, 0.5) is 0 Å². The second-order valence-electron chi connectivity index (χ2n) is 2.91. The first-order chi connectivity index (χ1) is 6.61. The van der Waals surface area contributed by atoms with Crippen LogP contribution in [0.2, 0.25) is 0 Å². The lowest BCUT2D eigenvalue weighted by atomic mass is 10.2. The third-order valence-corrected chi connectivity index (χ3v) is 2.30. The zero-order valence-corrected chi connectivity index (χ0v) is 8.04. The van der Waals surface area contributed by atoms with Crippen LogP contribution in [-0.2, 0) is 0 Å². The largest absolute Gasteiger partial charge is 0.437 e. The first-order valence-electron chi connectivity index (χ1n) is 3.93. The Kier molecular flexibility index (Phi) is 1.93. The van der Waals surface area contributed by atoms with E-state index >= 15 is 0 Å². The van der Waals surface area contributed by atoms with E-state index in [-0.39, 0.29) is 0 Å². The van der Waals surface area contributed by atoms with Crippen LogP contribution in [0, 0.1) is 6.92 Å². The third kappa shape index (κ3) is 1.15. The Morgan fingerprint density at radius 3 is 2.79 bits per heavy atom. The van der Waals surface area contributed by atoms with Gasteiger partial charge in [0, 0.05) is 11.8 Å². The fourth-order valence-corrected chi connectivity index (χ4v) is 1.61. The van der Waals surface area contributed by atoms with E-state index in [1.54, 1.807) is 25.1 Å². The van der Waals surface area contributed by atoms with Gasteiger partial charge in [0.05, 0.1) is 10.9 Å².